The maximum absolute atomic E-state index is 9.91. The molecular formula is C32H38ClN11O4. The number of benzene rings is 2. The Kier molecular flexibility index (Phi) is 8.96. The summed E-state index contributed by atoms with van der Waals surface area (Å²) in [5.74, 6) is 4.15. The molecule has 0 bridgehead atoms. The number of fused-ring (bicyclic) bond motifs is 2. The third-order valence-corrected chi connectivity index (χ3v) is 9.81. The van der Waals surface area contributed by atoms with Crippen molar-refractivity contribution in [2.24, 2.45) is 18.6 Å². The summed E-state index contributed by atoms with van der Waals surface area (Å²) < 4.78 is 10.5. The molecule has 2 unspecified atom stereocenters. The van der Waals surface area contributed by atoms with E-state index in [-0.39, 0.29) is 23.1 Å². The van der Waals surface area contributed by atoms with Crippen LogP contribution in [0.1, 0.15) is 36.6 Å². The fourth-order valence-electron chi connectivity index (χ4n) is 7.01. The first-order valence-electron chi connectivity index (χ1n) is 15.5. The summed E-state index contributed by atoms with van der Waals surface area (Å²) in [5, 5.41) is 30.3. The third kappa shape index (κ3) is 5.89. The van der Waals surface area contributed by atoms with E-state index in [1.165, 1.54) is 0 Å². The molecular weight excluding hydrogens is 638 g/mol. The molecule has 1 aliphatic heterocycles. The smallest absolute Gasteiger partial charge is 0.359 e. The lowest BCUT2D eigenvalue weighted by Crippen LogP contribution is -2.48. The molecule has 0 radical (unpaired) electrons. The number of likely N-dealkylation sites (N-methyl/N-ethyl adjacent to an activating group) is 1. The Bertz CT molecular complexity index is 2050. The van der Waals surface area contributed by atoms with Gasteiger partial charge in [0.25, 0.3) is 0 Å². The van der Waals surface area contributed by atoms with Crippen LogP contribution in [0.15, 0.2) is 48.7 Å². The van der Waals surface area contributed by atoms with Gasteiger partial charge >= 0.3 is 12.2 Å². The van der Waals surface area contributed by atoms with Crippen LogP contribution in [0, 0.1) is 24.0 Å². The molecule has 2 fully saturated rings. The number of hydrazine groups is 1. The van der Waals surface area contributed by atoms with Crippen molar-refractivity contribution in [3.8, 4) is 22.4 Å². The second-order valence-electron chi connectivity index (χ2n) is 12.5. The summed E-state index contributed by atoms with van der Waals surface area (Å²) in [6, 6.07) is 8.78. The number of aromatic nitrogens is 6. The summed E-state index contributed by atoms with van der Waals surface area (Å²) in [6.07, 6.45) is 7.55. The van der Waals surface area contributed by atoms with E-state index in [4.69, 9.17) is 33.0 Å². The van der Waals surface area contributed by atoms with Crippen molar-refractivity contribution in [3.05, 3.63) is 75.1 Å². The molecule has 252 valence electrons. The summed E-state index contributed by atoms with van der Waals surface area (Å²) in [6.45, 7) is 6.98. The predicted molar refractivity (Wildman–Crippen MR) is 182 cm³/mol. The lowest BCUT2D eigenvalue weighted by Gasteiger charge is -2.39. The van der Waals surface area contributed by atoms with Gasteiger partial charge in [-0.05, 0) is 62.4 Å². The number of ether oxygens (including phenoxy) is 1. The number of hydrogen-bond donors (Lipinski definition) is 3. The van der Waals surface area contributed by atoms with Gasteiger partial charge < -0.3 is 25.5 Å². The normalized spacial score (nSPS) is 20.0. The summed E-state index contributed by atoms with van der Waals surface area (Å²) in [7, 11) is 4.16. The highest BCUT2D eigenvalue weighted by molar-refractivity contribution is 6.36. The molecule has 1 saturated heterocycles. The minimum Gasteiger partial charge on any atom is -0.398 e. The van der Waals surface area contributed by atoms with Crippen LogP contribution < -0.4 is 11.6 Å². The fraction of sp³-hybridized carbons (Fsp3) is 0.375. The van der Waals surface area contributed by atoms with Gasteiger partial charge in [-0.2, -0.15) is 21.1 Å². The van der Waals surface area contributed by atoms with E-state index in [2.05, 4.69) is 63.1 Å². The molecule has 1 aliphatic carbocycles. The van der Waals surface area contributed by atoms with Crippen LogP contribution >= 0.6 is 11.6 Å². The van der Waals surface area contributed by atoms with Gasteiger partial charge in [0, 0.05) is 59.7 Å². The van der Waals surface area contributed by atoms with E-state index < -0.39 is 10.7 Å². The number of aryl methyl sites for hydroxylation is 2. The number of carbonyl (C=O) groups excluding carboxylic acids is 1. The zero-order chi connectivity index (χ0) is 34.3. The molecule has 5 aromatic rings. The van der Waals surface area contributed by atoms with Gasteiger partial charge in [-0.25, -0.2) is 4.79 Å². The van der Waals surface area contributed by atoms with Crippen LogP contribution in [0.3, 0.4) is 0 Å². The maximum atomic E-state index is 9.91. The highest BCUT2D eigenvalue weighted by Crippen LogP contribution is 2.47. The topological polar surface area (TPSA) is 192 Å². The van der Waals surface area contributed by atoms with E-state index in [1.54, 1.807) is 0 Å². The average Bonchev–Trinajstić information content (AvgIpc) is 3.85. The van der Waals surface area contributed by atoms with E-state index >= 15 is 0 Å². The number of hydrogen-bond acceptors (Lipinski definition) is 10. The number of nitrogens with zero attached hydrogens (tertiary/aromatic N) is 8. The third-order valence-electron chi connectivity index (χ3n) is 9.32. The zero-order valence-corrected chi connectivity index (χ0v) is 27.9. The molecule has 16 heteroatoms. The maximum Gasteiger partial charge on any atom is 0.359 e. The fourth-order valence-corrected chi connectivity index (χ4v) is 7.26. The summed E-state index contributed by atoms with van der Waals surface area (Å²) in [4.78, 5) is 21.2. The Morgan fingerprint density at radius 1 is 1.25 bits per heavy atom. The first-order valence-corrected chi connectivity index (χ1v) is 15.9. The molecule has 15 nitrogen and oxygen atoms in total. The van der Waals surface area contributed by atoms with Crippen molar-refractivity contribution >= 4 is 39.8 Å². The molecule has 1 saturated carbocycles. The lowest BCUT2D eigenvalue weighted by molar-refractivity contribution is -0.443. The Morgan fingerprint density at radius 2 is 2.04 bits per heavy atom. The number of nitro groups is 1. The molecule has 5 N–H and O–H groups in total. The van der Waals surface area contributed by atoms with Crippen LogP contribution in [0.5, 0.6) is 0 Å². The van der Waals surface area contributed by atoms with Gasteiger partial charge in [-0.1, -0.05) is 17.7 Å². The lowest BCUT2D eigenvalue weighted by atomic mass is 9.94. The van der Waals surface area contributed by atoms with Crippen molar-refractivity contribution in [2.75, 3.05) is 26.7 Å². The van der Waals surface area contributed by atoms with Crippen LogP contribution in [0.2, 0.25) is 5.02 Å². The number of aromatic amines is 1. The number of amides is 1. The van der Waals surface area contributed by atoms with Crippen molar-refractivity contribution in [1.82, 2.24) is 39.7 Å². The Balaban J connectivity index is 0.000000351. The Hall–Kier alpha value is -4.83. The van der Waals surface area contributed by atoms with Gasteiger partial charge in [0.05, 0.1) is 52.9 Å². The van der Waals surface area contributed by atoms with Crippen LogP contribution in [-0.4, -0.2) is 83.3 Å². The zero-order valence-electron chi connectivity index (χ0n) is 27.2. The van der Waals surface area contributed by atoms with Gasteiger partial charge in [0.1, 0.15) is 5.69 Å². The molecule has 2 aromatic carbocycles. The van der Waals surface area contributed by atoms with Gasteiger partial charge in [-0.15, -0.1) is 5.01 Å². The van der Waals surface area contributed by atoms with Crippen molar-refractivity contribution in [2.45, 2.75) is 44.8 Å². The molecule has 4 heterocycles. The highest BCUT2D eigenvalue weighted by atomic mass is 35.5. The number of H-pyrrole nitrogens is 1. The van der Waals surface area contributed by atoms with Crippen LogP contribution in [0.25, 0.3) is 44.2 Å². The molecule has 1 spiro atoms. The molecule has 1 amide bonds. The number of nitrogens with two attached hydrogens (primary N) is 2. The molecule has 3 aromatic heterocycles. The van der Waals surface area contributed by atoms with Gasteiger partial charge in [0.15, 0.2) is 0 Å². The van der Waals surface area contributed by atoms with Gasteiger partial charge in [-0.3, -0.25) is 14.5 Å². The first-order chi connectivity index (χ1) is 23.0. The number of nitrogens with one attached hydrogen (secondary N) is 1. The average molecular weight is 676 g/mol. The minimum atomic E-state index is -0.867. The SMILES string of the molecule is Cc1cc2[nH]ncc2c(-c2c(-c3ccc4c(cnn4C)c3)nn(C3CCC4(C3)CN(C)CCO4)c2C)c1Cl.N/C=C(\N(N)C=O)[N+](=O)[O-]. The Morgan fingerprint density at radius 3 is 2.73 bits per heavy atom. The second-order valence-corrected chi connectivity index (χ2v) is 12.8. The van der Waals surface area contributed by atoms with Crippen molar-refractivity contribution < 1.29 is 14.5 Å². The summed E-state index contributed by atoms with van der Waals surface area (Å²) in [5.41, 5.74) is 12.9. The second kappa shape index (κ2) is 13.0. The molecule has 2 aliphatic rings. The summed E-state index contributed by atoms with van der Waals surface area (Å²) >= 11 is 7.08. The number of rotatable bonds is 6. The number of halogens is 1. The standard InChI is InChI=1S/C29H32ClN7O.C3H6N4O3/c1-17-11-23-22(15-31-33-23)26(27(17)30)25-18(2)37(21-7-8-29(13-21)16-35(3)9-10-38-29)34-28(25)19-5-6-24-20(12-19)14-32-36(24)4;4-1-3(7(9)10)6(5)2-8/h5-6,11-12,14-15,21H,7-10,13,16H2,1-4H3,(H,31,33);1-2H,4-5H2/b;3-1+. The number of morpholine rings is 1. The van der Waals surface area contributed by atoms with E-state index in [0.29, 0.717) is 6.20 Å². The predicted octanol–water partition coefficient (Wildman–Crippen LogP) is 4.03. The largest absolute Gasteiger partial charge is 0.398 e. The van der Waals surface area contributed by atoms with Crippen LogP contribution in [0.4, 0.5) is 0 Å². The van der Waals surface area contributed by atoms with E-state index in [0.717, 1.165) is 99.4 Å². The number of carbonyl (C=O) groups is 1. The first kappa shape index (κ1) is 33.1. The Labute approximate surface area is 281 Å². The van der Waals surface area contributed by atoms with Crippen molar-refractivity contribution in [1.29, 1.82) is 0 Å². The minimum absolute atomic E-state index is 0.0848. The quantitative estimate of drug-likeness (QED) is 0.0778. The monoisotopic (exact) mass is 675 g/mol. The van der Waals surface area contributed by atoms with Crippen LogP contribution in [-0.2, 0) is 16.6 Å². The van der Waals surface area contributed by atoms with E-state index in [1.807, 2.05) is 31.0 Å². The van der Waals surface area contributed by atoms with E-state index in [9.17, 15) is 14.9 Å². The van der Waals surface area contributed by atoms with Gasteiger partial charge in [0.2, 0.25) is 0 Å². The molecule has 2 atom stereocenters. The highest BCUT2D eigenvalue weighted by Gasteiger charge is 2.44. The molecule has 48 heavy (non-hydrogen) atoms. The molecule has 7 rings (SSSR count). The van der Waals surface area contributed by atoms with Crippen molar-refractivity contribution in [3.63, 3.8) is 0 Å².